The number of hydrogen-bond acceptors (Lipinski definition) is 3. The van der Waals surface area contributed by atoms with Gasteiger partial charge in [-0.05, 0) is 18.2 Å². The van der Waals surface area contributed by atoms with Crippen LogP contribution in [0.15, 0.2) is 24.3 Å². The van der Waals surface area contributed by atoms with Crippen LogP contribution in [0, 0.1) is 0 Å². The van der Waals surface area contributed by atoms with Gasteiger partial charge >= 0.3 is 12.0 Å². The second-order valence-corrected chi connectivity index (χ2v) is 3.64. The molecule has 7 heteroatoms. The average Bonchev–Trinajstić information content (AvgIpc) is 2.25. The first-order valence-corrected chi connectivity index (χ1v) is 5.08. The van der Waals surface area contributed by atoms with E-state index in [-0.39, 0.29) is 6.54 Å². The van der Waals surface area contributed by atoms with Crippen molar-refractivity contribution >= 4 is 29.3 Å². The maximum atomic E-state index is 11.3. The molecule has 17 heavy (non-hydrogen) atoms. The summed E-state index contributed by atoms with van der Waals surface area (Å²) in [4.78, 5) is 21.6. The number of anilines is 1. The summed E-state index contributed by atoms with van der Waals surface area (Å²) in [5.41, 5.74) is 0.472. The number of carboxylic acids is 1. The predicted molar refractivity (Wildman–Crippen MR) is 62.1 cm³/mol. The fourth-order valence-corrected chi connectivity index (χ4v) is 1.21. The van der Waals surface area contributed by atoms with Gasteiger partial charge in [0.05, 0.1) is 6.54 Å². The summed E-state index contributed by atoms with van der Waals surface area (Å²) in [6, 6.07) is 5.85. The minimum atomic E-state index is -1.62. The van der Waals surface area contributed by atoms with Gasteiger partial charge in [0, 0.05) is 10.7 Å². The Hall–Kier alpha value is -1.79. The molecule has 0 bridgehead atoms. The van der Waals surface area contributed by atoms with Crippen LogP contribution in [0.4, 0.5) is 10.5 Å². The van der Waals surface area contributed by atoms with Crippen molar-refractivity contribution in [1.29, 1.82) is 0 Å². The lowest BCUT2D eigenvalue weighted by molar-refractivity contribution is -0.146. The molecule has 0 fully saturated rings. The Kier molecular flexibility index (Phi) is 4.74. The largest absolute Gasteiger partial charge is 0.479 e. The number of carbonyl (C=O) groups is 2. The van der Waals surface area contributed by atoms with Crippen LogP contribution < -0.4 is 10.6 Å². The highest BCUT2D eigenvalue weighted by molar-refractivity contribution is 6.30. The van der Waals surface area contributed by atoms with Gasteiger partial charge in [0.1, 0.15) is 0 Å². The second-order valence-electron chi connectivity index (χ2n) is 3.20. The summed E-state index contributed by atoms with van der Waals surface area (Å²) in [6.45, 7) is -0.373. The molecule has 1 unspecified atom stereocenters. The molecule has 4 N–H and O–H groups in total. The van der Waals surface area contributed by atoms with Crippen LogP contribution in [0.1, 0.15) is 0 Å². The molecule has 0 saturated heterocycles. The van der Waals surface area contributed by atoms with Crippen LogP contribution in [0.5, 0.6) is 0 Å². The highest BCUT2D eigenvalue weighted by Crippen LogP contribution is 2.14. The lowest BCUT2D eigenvalue weighted by atomic mass is 10.3. The van der Waals surface area contributed by atoms with Crippen molar-refractivity contribution in [2.75, 3.05) is 11.9 Å². The molecule has 1 atom stereocenters. The van der Waals surface area contributed by atoms with E-state index in [1.165, 1.54) is 6.07 Å². The number of aliphatic hydroxyl groups is 1. The lowest BCUT2D eigenvalue weighted by Crippen LogP contribution is -2.38. The molecule has 0 aliphatic rings. The van der Waals surface area contributed by atoms with Gasteiger partial charge in [-0.2, -0.15) is 0 Å². The van der Waals surface area contributed by atoms with E-state index in [2.05, 4.69) is 10.6 Å². The van der Waals surface area contributed by atoms with Crippen molar-refractivity contribution in [3.05, 3.63) is 29.3 Å². The summed E-state index contributed by atoms with van der Waals surface area (Å²) >= 11 is 5.71. The average molecular weight is 259 g/mol. The molecule has 0 spiro atoms. The number of rotatable bonds is 4. The highest BCUT2D eigenvalue weighted by atomic mass is 35.5. The number of nitrogens with one attached hydrogen (secondary N) is 2. The van der Waals surface area contributed by atoms with Crippen LogP contribution in [0.25, 0.3) is 0 Å². The Balaban J connectivity index is 2.42. The standard InChI is InChI=1S/C10H11ClN2O4/c11-6-2-1-3-7(4-6)13-10(17)12-5-8(14)9(15)16/h1-4,8,14H,5H2,(H,15,16)(H2,12,13,17). The number of halogens is 1. The molecular formula is C10H11ClN2O4. The van der Waals surface area contributed by atoms with Gasteiger partial charge < -0.3 is 20.8 Å². The SMILES string of the molecule is O=C(NCC(O)C(=O)O)Nc1cccc(Cl)c1. The summed E-state index contributed by atoms with van der Waals surface area (Å²) in [7, 11) is 0. The molecule has 2 amide bonds. The van der Waals surface area contributed by atoms with E-state index < -0.39 is 18.1 Å². The third-order valence-electron chi connectivity index (χ3n) is 1.82. The number of benzene rings is 1. The first-order valence-electron chi connectivity index (χ1n) is 4.70. The van der Waals surface area contributed by atoms with Gasteiger partial charge in [-0.25, -0.2) is 9.59 Å². The maximum Gasteiger partial charge on any atom is 0.334 e. The number of aliphatic carboxylic acids is 1. The van der Waals surface area contributed by atoms with E-state index in [0.717, 1.165) is 0 Å². The maximum absolute atomic E-state index is 11.3. The Morgan fingerprint density at radius 2 is 2.12 bits per heavy atom. The summed E-state index contributed by atoms with van der Waals surface area (Å²) in [5, 5.41) is 22.4. The zero-order valence-corrected chi connectivity index (χ0v) is 9.44. The van der Waals surface area contributed by atoms with Crippen molar-refractivity contribution in [2.45, 2.75) is 6.10 Å². The number of amides is 2. The zero-order chi connectivity index (χ0) is 12.8. The molecular weight excluding hydrogens is 248 g/mol. The lowest BCUT2D eigenvalue weighted by Gasteiger charge is -2.09. The summed E-state index contributed by atoms with van der Waals surface area (Å²) in [6.07, 6.45) is -1.62. The molecule has 0 aliphatic carbocycles. The van der Waals surface area contributed by atoms with Crippen molar-refractivity contribution in [3.8, 4) is 0 Å². The van der Waals surface area contributed by atoms with Gasteiger partial charge in [0.2, 0.25) is 0 Å². The first kappa shape index (κ1) is 13.3. The van der Waals surface area contributed by atoms with Crippen molar-refractivity contribution in [3.63, 3.8) is 0 Å². The second kappa shape index (κ2) is 6.07. The van der Waals surface area contributed by atoms with Crippen molar-refractivity contribution < 1.29 is 19.8 Å². The highest BCUT2D eigenvalue weighted by Gasteiger charge is 2.13. The topological polar surface area (TPSA) is 98.7 Å². The van der Waals surface area contributed by atoms with Crippen LogP contribution in [0.3, 0.4) is 0 Å². The summed E-state index contributed by atoms with van der Waals surface area (Å²) in [5.74, 6) is -1.40. The van der Waals surface area contributed by atoms with Gasteiger partial charge in [0.15, 0.2) is 6.10 Å². The van der Waals surface area contributed by atoms with E-state index in [4.69, 9.17) is 21.8 Å². The summed E-state index contributed by atoms with van der Waals surface area (Å²) < 4.78 is 0. The van der Waals surface area contributed by atoms with E-state index in [9.17, 15) is 9.59 Å². The molecule has 1 rings (SSSR count). The van der Waals surface area contributed by atoms with Crippen molar-refractivity contribution in [2.24, 2.45) is 0 Å². The van der Waals surface area contributed by atoms with E-state index in [1.807, 2.05) is 0 Å². The first-order chi connectivity index (χ1) is 7.99. The monoisotopic (exact) mass is 258 g/mol. The van der Waals surface area contributed by atoms with Crippen LogP contribution in [0.2, 0.25) is 5.02 Å². The Bertz CT molecular complexity index is 425. The van der Waals surface area contributed by atoms with E-state index >= 15 is 0 Å². The van der Waals surface area contributed by atoms with Gasteiger partial charge in [-0.3, -0.25) is 0 Å². The molecule has 6 nitrogen and oxygen atoms in total. The Labute approximate surface area is 102 Å². The molecule has 0 radical (unpaired) electrons. The predicted octanol–water partition coefficient (Wildman–Crippen LogP) is 0.907. The zero-order valence-electron chi connectivity index (χ0n) is 8.68. The minimum Gasteiger partial charge on any atom is -0.479 e. The molecule has 1 aromatic rings. The molecule has 0 saturated carbocycles. The smallest absolute Gasteiger partial charge is 0.334 e. The van der Waals surface area contributed by atoms with Crippen molar-refractivity contribution in [1.82, 2.24) is 5.32 Å². The Morgan fingerprint density at radius 3 is 2.71 bits per heavy atom. The fraction of sp³-hybridized carbons (Fsp3) is 0.200. The molecule has 1 aromatic carbocycles. The minimum absolute atomic E-state index is 0.373. The van der Waals surface area contributed by atoms with Crippen LogP contribution in [-0.2, 0) is 4.79 Å². The number of carboxylic acid groups (broad SMARTS) is 1. The number of carbonyl (C=O) groups excluding carboxylic acids is 1. The Morgan fingerprint density at radius 1 is 1.41 bits per heavy atom. The number of hydrogen-bond donors (Lipinski definition) is 4. The van der Waals surface area contributed by atoms with Gasteiger partial charge in [0.25, 0.3) is 0 Å². The van der Waals surface area contributed by atoms with E-state index in [0.29, 0.717) is 10.7 Å². The van der Waals surface area contributed by atoms with E-state index in [1.54, 1.807) is 18.2 Å². The van der Waals surface area contributed by atoms with Gasteiger partial charge in [-0.15, -0.1) is 0 Å². The molecule has 0 aromatic heterocycles. The third kappa shape index (κ3) is 4.71. The number of urea groups is 1. The molecule has 92 valence electrons. The molecule has 0 aliphatic heterocycles. The third-order valence-corrected chi connectivity index (χ3v) is 2.06. The quantitative estimate of drug-likeness (QED) is 0.645. The van der Waals surface area contributed by atoms with Crippen LogP contribution in [-0.4, -0.2) is 34.9 Å². The molecule has 0 heterocycles. The van der Waals surface area contributed by atoms with Crippen LogP contribution >= 0.6 is 11.6 Å². The number of aliphatic hydroxyl groups excluding tert-OH is 1. The normalized spacial score (nSPS) is 11.6. The fourth-order valence-electron chi connectivity index (χ4n) is 1.02. The van der Waals surface area contributed by atoms with Gasteiger partial charge in [-0.1, -0.05) is 17.7 Å².